The third-order valence-electron chi connectivity index (χ3n) is 20.4. The van der Waals surface area contributed by atoms with Crippen molar-refractivity contribution in [1.82, 2.24) is 0 Å². The van der Waals surface area contributed by atoms with E-state index in [2.05, 4.69) is 229 Å². The Morgan fingerprint density at radius 1 is 0.268 bits per heavy atom. The quantitative estimate of drug-likeness (QED) is 0.127. The van der Waals surface area contributed by atoms with Gasteiger partial charge in [-0.1, -0.05) is 165 Å². The van der Waals surface area contributed by atoms with E-state index < -0.39 is 14.0 Å². The van der Waals surface area contributed by atoms with Gasteiger partial charge in [0.1, 0.15) is 0 Å². The Bertz CT molecular complexity index is 4230. The molecule has 414 valence electrons. The predicted octanol–water partition coefficient (Wildman–Crippen LogP) is 18.2. The third-order valence-corrected chi connectivity index (χ3v) is 20.8. The second-order valence-electron chi connectivity index (χ2n) is 27.7. The van der Waals surface area contributed by atoms with Gasteiger partial charge in [-0.05, 0) is 234 Å². The van der Waals surface area contributed by atoms with E-state index in [1.165, 1.54) is 109 Å². The molecule has 0 radical (unpaired) electrons. The molecule has 0 bridgehead atoms. The van der Waals surface area contributed by atoms with Gasteiger partial charge in [0, 0.05) is 15.3 Å². The monoisotopic (exact) mass is 1150 g/mol. The van der Waals surface area contributed by atoms with Crippen molar-refractivity contribution in [2.45, 2.75) is 155 Å². The van der Waals surface area contributed by atoms with Crippen molar-refractivity contribution in [3.05, 3.63) is 184 Å². The van der Waals surface area contributed by atoms with Gasteiger partial charge in [0.05, 0.1) is 33.6 Å². The summed E-state index contributed by atoms with van der Waals surface area (Å²) in [5.41, 5.74) is 10.1. The average molecular weight is 1150 g/mol. The molecule has 5 aliphatic rings. The highest BCUT2D eigenvalue weighted by molar-refractivity contribution is 9.10. The van der Waals surface area contributed by atoms with Gasteiger partial charge < -0.3 is 27.9 Å². The van der Waals surface area contributed by atoms with Crippen LogP contribution in [0.15, 0.2) is 162 Å². The molecule has 2 aliphatic carbocycles. The lowest BCUT2D eigenvalue weighted by Crippen LogP contribution is -2.41. The number of fused-ring (bicyclic) bond motifs is 18. The van der Waals surface area contributed by atoms with Crippen LogP contribution in [0.25, 0.3) is 86.9 Å². The molecule has 10 heteroatoms. The number of halogens is 1. The van der Waals surface area contributed by atoms with E-state index in [1.807, 2.05) is 55.4 Å². The summed E-state index contributed by atoms with van der Waals surface area (Å²) in [6.07, 6.45) is 0. The molecular weight excluding hydrogens is 1070 g/mol. The lowest BCUT2D eigenvalue weighted by molar-refractivity contribution is 0.00578. The summed E-state index contributed by atoms with van der Waals surface area (Å²) in [6, 6.07) is 58.5. The molecule has 0 unspecified atom stereocenters. The van der Waals surface area contributed by atoms with Gasteiger partial charge in [-0.3, -0.25) is 0 Å². The maximum atomic E-state index is 6.40. The Labute approximate surface area is 494 Å². The molecule has 10 aromatic carbocycles. The van der Waals surface area contributed by atoms with Crippen molar-refractivity contribution in [2.24, 2.45) is 0 Å². The summed E-state index contributed by atoms with van der Waals surface area (Å²) in [6.45, 7) is 34.0. The van der Waals surface area contributed by atoms with Crippen molar-refractivity contribution in [3.63, 3.8) is 0 Å². The molecule has 6 nitrogen and oxygen atoms in total. The van der Waals surface area contributed by atoms with Gasteiger partial charge in [-0.2, -0.15) is 0 Å². The zero-order valence-corrected chi connectivity index (χ0v) is 52.2. The van der Waals surface area contributed by atoms with Gasteiger partial charge in [0.25, 0.3) is 0 Å². The normalized spacial score (nSPS) is 20.4. The highest BCUT2D eigenvalue weighted by Crippen LogP contribution is 2.54. The summed E-state index contributed by atoms with van der Waals surface area (Å²) in [7, 11) is -1.32. The van der Waals surface area contributed by atoms with E-state index in [9.17, 15) is 0 Å². The molecule has 3 aliphatic heterocycles. The SMILES string of the molecule is CC1(C)OB(B2OC(C)(C)C(C)(C)O2)OC1(C)C.CC1(C)c2ccccc2-c2cc3c4ccccc4c4cc(B5OC(C)(C)C(C)(C)O5)ccc4c3cc21.CC1(C)c2ccccc2-c2cc3c4ccccc4c4cc(Br)ccc4c3cc21. The maximum absolute atomic E-state index is 6.40. The van der Waals surface area contributed by atoms with Crippen molar-refractivity contribution in [1.29, 1.82) is 0 Å². The first-order chi connectivity index (χ1) is 38.5. The van der Waals surface area contributed by atoms with Crippen LogP contribution in [0.4, 0.5) is 0 Å². The zero-order valence-electron chi connectivity index (χ0n) is 50.6. The van der Waals surface area contributed by atoms with E-state index in [0.29, 0.717) is 0 Å². The molecule has 0 atom stereocenters. The van der Waals surface area contributed by atoms with Crippen LogP contribution in [0.5, 0.6) is 0 Å². The van der Waals surface area contributed by atoms with Crippen LogP contribution in [0.2, 0.25) is 0 Å². The fourth-order valence-electron chi connectivity index (χ4n) is 13.4. The lowest BCUT2D eigenvalue weighted by Gasteiger charge is -2.32. The van der Waals surface area contributed by atoms with E-state index in [4.69, 9.17) is 27.9 Å². The Morgan fingerprint density at radius 2 is 0.573 bits per heavy atom. The van der Waals surface area contributed by atoms with Crippen molar-refractivity contribution >= 4 is 107 Å². The third kappa shape index (κ3) is 8.43. The second kappa shape index (κ2) is 18.6. The molecule has 0 N–H and O–H groups in total. The van der Waals surface area contributed by atoms with Crippen LogP contribution >= 0.6 is 15.9 Å². The second-order valence-corrected chi connectivity index (χ2v) is 28.6. The Balaban J connectivity index is 0.000000122. The van der Waals surface area contributed by atoms with E-state index in [0.717, 1.165) is 9.94 Å². The number of benzene rings is 10. The van der Waals surface area contributed by atoms with Crippen molar-refractivity contribution in [3.8, 4) is 22.3 Å². The fraction of sp³-hybridized carbons (Fsp3) is 0.333. The smallest absolute Gasteiger partial charge is 0.405 e. The molecular formula is C72H74B3BrO6. The van der Waals surface area contributed by atoms with Crippen LogP contribution < -0.4 is 5.46 Å². The molecule has 3 fully saturated rings. The van der Waals surface area contributed by atoms with Crippen LogP contribution in [0.1, 0.15) is 133 Å². The maximum Gasteiger partial charge on any atom is 0.494 e. The molecule has 3 heterocycles. The summed E-state index contributed by atoms with van der Waals surface area (Å²) in [5, 5.41) is 15.7. The fourth-order valence-corrected chi connectivity index (χ4v) is 13.8. The molecule has 0 amide bonds. The molecule has 0 spiro atoms. The zero-order chi connectivity index (χ0) is 58.1. The Kier molecular flexibility index (Phi) is 12.6. The van der Waals surface area contributed by atoms with Gasteiger partial charge in [-0.25, -0.2) is 0 Å². The predicted molar refractivity (Wildman–Crippen MR) is 349 cm³/mol. The van der Waals surface area contributed by atoms with E-state index in [-0.39, 0.29) is 51.6 Å². The highest BCUT2D eigenvalue weighted by Gasteiger charge is 2.64. The Morgan fingerprint density at radius 3 is 0.976 bits per heavy atom. The van der Waals surface area contributed by atoms with E-state index in [1.54, 1.807) is 0 Å². The van der Waals surface area contributed by atoms with Crippen LogP contribution in [-0.4, -0.2) is 54.7 Å². The minimum atomic E-state index is -0.476. The van der Waals surface area contributed by atoms with Crippen molar-refractivity contribution < 1.29 is 27.9 Å². The first-order valence-electron chi connectivity index (χ1n) is 29.3. The average Bonchev–Trinajstić information content (AvgIpc) is 1.98. The van der Waals surface area contributed by atoms with E-state index >= 15 is 0 Å². The van der Waals surface area contributed by atoms with Crippen LogP contribution in [-0.2, 0) is 38.8 Å². The first kappa shape index (κ1) is 55.4. The minimum absolute atomic E-state index is 0.0213. The highest BCUT2D eigenvalue weighted by atomic mass is 79.9. The minimum Gasteiger partial charge on any atom is -0.405 e. The molecule has 15 rings (SSSR count). The first-order valence-corrected chi connectivity index (χ1v) is 30.1. The summed E-state index contributed by atoms with van der Waals surface area (Å²) in [5.74, 6) is 0. The largest absolute Gasteiger partial charge is 0.494 e. The molecule has 82 heavy (non-hydrogen) atoms. The van der Waals surface area contributed by atoms with Gasteiger partial charge in [0.2, 0.25) is 0 Å². The number of hydrogen-bond donors (Lipinski definition) is 0. The standard InChI is InChI=1S/C33H31BO2.C27H19Br.C12H24B2O4/c1-31(2)29-14-10-9-13-24(29)28-18-26-22-12-8-7-11-21(22)25-17-20(15-16-23(25)27(26)19-30(28)31)34-35-32(3,4)33(5,6)36-34;1-27(2)25-10-6-5-9-20(25)24-14-22-18-8-4-3-7-17(18)21-13-16(28)11-12-19(21)23(22)15-26(24)27;1-9(2)10(3,4)16-13(15-9)14-17-11(5,6)12(7,8)18-14/h7-19H,1-6H3;3-15H,1-2H3;1-8H3. The lowest BCUT2D eigenvalue weighted by atomic mass is 9.49. The number of hydrogen-bond acceptors (Lipinski definition) is 6. The topological polar surface area (TPSA) is 55.4 Å². The molecule has 10 aromatic rings. The summed E-state index contributed by atoms with van der Waals surface area (Å²) < 4.78 is 37.8. The summed E-state index contributed by atoms with van der Waals surface area (Å²) in [4.78, 5) is 0. The van der Waals surface area contributed by atoms with Gasteiger partial charge in [0.15, 0.2) is 0 Å². The van der Waals surface area contributed by atoms with Gasteiger partial charge in [-0.15, -0.1) is 0 Å². The number of rotatable bonds is 2. The van der Waals surface area contributed by atoms with Gasteiger partial charge >= 0.3 is 21.1 Å². The molecule has 0 aromatic heterocycles. The Hall–Kier alpha value is -5.81. The summed E-state index contributed by atoms with van der Waals surface area (Å²) >= 11 is 3.67. The van der Waals surface area contributed by atoms with Crippen LogP contribution in [0, 0.1) is 0 Å². The molecule has 3 saturated heterocycles. The van der Waals surface area contributed by atoms with Crippen LogP contribution in [0.3, 0.4) is 0 Å². The molecule has 0 saturated carbocycles. The van der Waals surface area contributed by atoms with Crippen molar-refractivity contribution in [2.75, 3.05) is 0 Å².